The number of hydrogen-bond donors (Lipinski definition) is 1. The second-order valence-electron chi connectivity index (χ2n) is 9.37. The number of amides is 2. The molecule has 8 heteroatoms. The van der Waals surface area contributed by atoms with Crippen LogP contribution in [-0.2, 0) is 11.2 Å². The summed E-state index contributed by atoms with van der Waals surface area (Å²) in [5.74, 6) is -0.934. The molecule has 1 aliphatic heterocycles. The van der Waals surface area contributed by atoms with Gasteiger partial charge in [0.2, 0.25) is 5.91 Å². The SMILES string of the molecule is CC(C)(C)C(=O)N1CCN(C(=O)c2cc(Cc3n[nH]c(=O)c4ccccc34)ccc2F)CC1. The zero-order chi connectivity index (χ0) is 23.8. The molecule has 1 fully saturated rings. The molecule has 2 heterocycles. The van der Waals surface area contributed by atoms with Gasteiger partial charge in [0, 0.05) is 43.4 Å². The van der Waals surface area contributed by atoms with Crippen molar-refractivity contribution >= 4 is 22.6 Å². The lowest BCUT2D eigenvalue weighted by Gasteiger charge is -2.37. The third-order valence-electron chi connectivity index (χ3n) is 5.90. The van der Waals surface area contributed by atoms with Gasteiger partial charge in [0.25, 0.3) is 11.5 Å². The van der Waals surface area contributed by atoms with Gasteiger partial charge in [-0.05, 0) is 23.8 Å². The van der Waals surface area contributed by atoms with E-state index in [-0.39, 0.29) is 17.0 Å². The molecule has 4 rings (SSSR count). The standard InChI is InChI=1S/C25H27FN4O3/c1-25(2,3)24(33)30-12-10-29(11-13-30)23(32)19-14-16(8-9-20(19)26)15-21-17-6-4-5-7-18(17)22(31)28-27-21/h4-9,14H,10-13,15H2,1-3H3,(H,28,31). The normalized spacial score (nSPS) is 14.5. The molecule has 172 valence electrons. The van der Waals surface area contributed by atoms with Crippen molar-refractivity contribution in [2.24, 2.45) is 5.41 Å². The fourth-order valence-corrected chi connectivity index (χ4v) is 4.10. The average Bonchev–Trinajstić information content (AvgIpc) is 2.81. The third-order valence-corrected chi connectivity index (χ3v) is 5.90. The number of halogens is 1. The Bertz CT molecular complexity index is 1270. The Balaban J connectivity index is 1.53. The summed E-state index contributed by atoms with van der Waals surface area (Å²) in [5.41, 5.74) is 0.604. The number of H-pyrrole nitrogens is 1. The van der Waals surface area contributed by atoms with Crippen molar-refractivity contribution in [1.29, 1.82) is 0 Å². The van der Waals surface area contributed by atoms with Crippen LogP contribution in [0.25, 0.3) is 10.8 Å². The Morgan fingerprint density at radius 2 is 1.64 bits per heavy atom. The minimum absolute atomic E-state index is 0.00294. The molecule has 2 amide bonds. The first-order valence-electron chi connectivity index (χ1n) is 11.0. The number of nitrogens with zero attached hydrogens (tertiary/aromatic N) is 3. The van der Waals surface area contributed by atoms with Crippen LogP contribution in [0.1, 0.15) is 42.4 Å². The number of fused-ring (bicyclic) bond motifs is 1. The van der Waals surface area contributed by atoms with E-state index in [1.807, 2.05) is 32.9 Å². The van der Waals surface area contributed by atoms with Crippen molar-refractivity contribution in [3.05, 3.63) is 75.5 Å². The molecule has 0 aliphatic carbocycles. The smallest absolute Gasteiger partial charge is 0.272 e. The highest BCUT2D eigenvalue weighted by Gasteiger charge is 2.31. The second-order valence-corrected chi connectivity index (χ2v) is 9.37. The van der Waals surface area contributed by atoms with Gasteiger partial charge in [-0.2, -0.15) is 5.10 Å². The van der Waals surface area contributed by atoms with Crippen molar-refractivity contribution in [1.82, 2.24) is 20.0 Å². The number of aromatic amines is 1. The van der Waals surface area contributed by atoms with Gasteiger partial charge in [0.15, 0.2) is 0 Å². The van der Waals surface area contributed by atoms with E-state index in [1.54, 1.807) is 34.1 Å². The highest BCUT2D eigenvalue weighted by molar-refractivity contribution is 5.95. The molecule has 1 N–H and O–H groups in total. The van der Waals surface area contributed by atoms with Gasteiger partial charge in [0.05, 0.1) is 16.6 Å². The number of carbonyl (C=O) groups is 2. The summed E-state index contributed by atoms with van der Waals surface area (Å²) in [6.45, 7) is 7.18. The molecule has 0 atom stereocenters. The molecular formula is C25H27FN4O3. The highest BCUT2D eigenvalue weighted by Crippen LogP contribution is 2.22. The van der Waals surface area contributed by atoms with Gasteiger partial charge < -0.3 is 9.80 Å². The number of carbonyl (C=O) groups excluding carboxylic acids is 2. The summed E-state index contributed by atoms with van der Waals surface area (Å²) in [5, 5.41) is 7.92. The van der Waals surface area contributed by atoms with E-state index in [4.69, 9.17) is 0 Å². The predicted octanol–water partition coefficient (Wildman–Crippen LogP) is 2.98. The largest absolute Gasteiger partial charge is 0.339 e. The first kappa shape index (κ1) is 22.6. The van der Waals surface area contributed by atoms with Crippen LogP contribution in [0.15, 0.2) is 47.3 Å². The molecule has 0 radical (unpaired) electrons. The lowest BCUT2D eigenvalue weighted by molar-refractivity contribution is -0.140. The molecular weight excluding hydrogens is 423 g/mol. The maximum Gasteiger partial charge on any atom is 0.272 e. The first-order valence-corrected chi connectivity index (χ1v) is 11.0. The summed E-state index contributed by atoms with van der Waals surface area (Å²) in [4.78, 5) is 40.9. The highest BCUT2D eigenvalue weighted by atomic mass is 19.1. The van der Waals surface area contributed by atoms with Crippen LogP contribution < -0.4 is 5.56 Å². The third kappa shape index (κ3) is 4.65. The van der Waals surface area contributed by atoms with Gasteiger partial charge in [-0.3, -0.25) is 14.4 Å². The summed E-state index contributed by atoms with van der Waals surface area (Å²) in [7, 11) is 0. The van der Waals surface area contributed by atoms with E-state index in [9.17, 15) is 18.8 Å². The maximum absolute atomic E-state index is 14.6. The van der Waals surface area contributed by atoms with Crippen LogP contribution >= 0.6 is 0 Å². The summed E-state index contributed by atoms with van der Waals surface area (Å²) in [6, 6.07) is 11.6. The molecule has 3 aromatic rings. The second kappa shape index (κ2) is 8.77. The van der Waals surface area contributed by atoms with Crippen LogP contribution in [0.2, 0.25) is 0 Å². The Morgan fingerprint density at radius 1 is 1.00 bits per heavy atom. The van der Waals surface area contributed by atoms with E-state index >= 15 is 0 Å². The number of rotatable bonds is 3. The van der Waals surface area contributed by atoms with E-state index in [0.717, 1.165) is 5.39 Å². The summed E-state index contributed by atoms with van der Waals surface area (Å²) in [6.07, 6.45) is 0.339. The minimum atomic E-state index is -0.587. The molecule has 1 aliphatic rings. The lowest BCUT2D eigenvalue weighted by Crippen LogP contribution is -2.53. The first-order chi connectivity index (χ1) is 15.6. The van der Waals surface area contributed by atoms with Crippen LogP contribution in [0.3, 0.4) is 0 Å². The molecule has 0 unspecified atom stereocenters. The number of piperazine rings is 1. The van der Waals surface area contributed by atoms with Crippen molar-refractivity contribution in [3.8, 4) is 0 Å². The summed E-state index contributed by atoms with van der Waals surface area (Å²) >= 11 is 0. The zero-order valence-electron chi connectivity index (χ0n) is 19.0. The quantitative estimate of drug-likeness (QED) is 0.665. The minimum Gasteiger partial charge on any atom is -0.339 e. The van der Waals surface area contributed by atoms with Crippen molar-refractivity contribution in [2.75, 3.05) is 26.2 Å². The monoisotopic (exact) mass is 450 g/mol. The molecule has 0 bridgehead atoms. The van der Waals surface area contributed by atoms with E-state index in [0.29, 0.717) is 49.2 Å². The molecule has 7 nitrogen and oxygen atoms in total. The topological polar surface area (TPSA) is 86.4 Å². The molecule has 2 aromatic carbocycles. The van der Waals surface area contributed by atoms with Gasteiger partial charge in [-0.15, -0.1) is 0 Å². The molecule has 1 saturated heterocycles. The maximum atomic E-state index is 14.6. The van der Waals surface area contributed by atoms with Gasteiger partial charge in [0.1, 0.15) is 5.82 Å². The van der Waals surface area contributed by atoms with E-state index in [2.05, 4.69) is 10.2 Å². The number of hydrogen-bond acceptors (Lipinski definition) is 4. The Morgan fingerprint density at radius 3 is 2.30 bits per heavy atom. The lowest BCUT2D eigenvalue weighted by atomic mass is 9.94. The fourth-order valence-electron chi connectivity index (χ4n) is 4.10. The van der Waals surface area contributed by atoms with Gasteiger partial charge in [-0.1, -0.05) is 45.0 Å². The number of benzene rings is 2. The number of nitrogens with one attached hydrogen (secondary N) is 1. The van der Waals surface area contributed by atoms with Crippen LogP contribution in [0.4, 0.5) is 4.39 Å². The van der Waals surface area contributed by atoms with Crippen molar-refractivity contribution in [3.63, 3.8) is 0 Å². The van der Waals surface area contributed by atoms with Gasteiger partial charge >= 0.3 is 0 Å². The van der Waals surface area contributed by atoms with Crippen molar-refractivity contribution < 1.29 is 14.0 Å². The average molecular weight is 451 g/mol. The van der Waals surface area contributed by atoms with Gasteiger partial charge in [-0.25, -0.2) is 9.49 Å². The van der Waals surface area contributed by atoms with E-state index in [1.165, 1.54) is 6.07 Å². The fraction of sp³-hybridized carbons (Fsp3) is 0.360. The van der Waals surface area contributed by atoms with E-state index < -0.39 is 17.1 Å². The van der Waals surface area contributed by atoms with Crippen molar-refractivity contribution in [2.45, 2.75) is 27.2 Å². The van der Waals surface area contributed by atoms with Crippen LogP contribution in [0.5, 0.6) is 0 Å². The Kier molecular flexibility index (Phi) is 6.01. The molecule has 0 saturated carbocycles. The molecule has 33 heavy (non-hydrogen) atoms. The van der Waals surface area contributed by atoms with Crippen LogP contribution in [-0.4, -0.2) is 58.0 Å². The molecule has 0 spiro atoms. The van der Waals surface area contributed by atoms with Crippen LogP contribution in [0, 0.1) is 11.2 Å². The zero-order valence-corrected chi connectivity index (χ0v) is 19.0. The summed E-state index contributed by atoms with van der Waals surface area (Å²) < 4.78 is 14.6. The molecule has 1 aromatic heterocycles. The Hall–Kier alpha value is -3.55. The number of aromatic nitrogens is 2. The predicted molar refractivity (Wildman–Crippen MR) is 124 cm³/mol. The Labute approximate surface area is 191 Å².